The standard InChI is InChI=1S/C24H29N3O7S2/c1-5-12-35(30,31)22-20-16(3)8-7-11-27(20)21(23(22)36(32,33)13-6-2)24(29)26-25-15-17-14-18(34-4)9-10-19(17)28/h7-11,14-15,28H,5-6,12-13H2,1-4H3,(H,26,29)/b25-15+. The highest BCUT2D eigenvalue weighted by molar-refractivity contribution is 7.94. The van der Waals surface area contributed by atoms with E-state index in [0.717, 1.165) is 0 Å². The number of aryl methyl sites for hydroxylation is 1. The Morgan fingerprint density at radius 2 is 1.72 bits per heavy atom. The number of sulfone groups is 2. The summed E-state index contributed by atoms with van der Waals surface area (Å²) in [6.07, 6.45) is 3.13. The zero-order valence-electron chi connectivity index (χ0n) is 20.5. The van der Waals surface area contributed by atoms with Crippen LogP contribution in [0.15, 0.2) is 51.4 Å². The number of phenolic OH excluding ortho intramolecular Hbond substituents is 1. The lowest BCUT2D eigenvalue weighted by Crippen LogP contribution is -2.23. The highest BCUT2D eigenvalue weighted by atomic mass is 32.2. The largest absolute Gasteiger partial charge is 0.507 e. The molecule has 194 valence electrons. The molecule has 0 fully saturated rings. The van der Waals surface area contributed by atoms with Crippen molar-refractivity contribution in [3.05, 3.63) is 53.3 Å². The molecule has 0 bridgehead atoms. The lowest BCUT2D eigenvalue weighted by Gasteiger charge is -2.09. The summed E-state index contributed by atoms with van der Waals surface area (Å²) in [7, 11) is -6.75. The van der Waals surface area contributed by atoms with Crippen LogP contribution in [0.3, 0.4) is 0 Å². The van der Waals surface area contributed by atoms with Crippen molar-refractivity contribution in [2.45, 2.75) is 43.4 Å². The maximum atomic E-state index is 13.4. The fraction of sp³-hybridized carbons (Fsp3) is 0.333. The van der Waals surface area contributed by atoms with Crippen LogP contribution in [0, 0.1) is 6.92 Å². The molecule has 0 aliphatic rings. The fourth-order valence-electron chi connectivity index (χ4n) is 3.92. The summed E-state index contributed by atoms with van der Waals surface area (Å²) in [6.45, 7) is 4.99. The minimum absolute atomic E-state index is 0.114. The van der Waals surface area contributed by atoms with Gasteiger partial charge in [0.05, 0.1) is 30.3 Å². The van der Waals surface area contributed by atoms with Gasteiger partial charge in [0.1, 0.15) is 27.0 Å². The van der Waals surface area contributed by atoms with Crippen LogP contribution in [0.4, 0.5) is 0 Å². The van der Waals surface area contributed by atoms with E-state index in [1.807, 2.05) is 0 Å². The molecule has 1 aromatic carbocycles. The number of rotatable bonds is 10. The SMILES string of the molecule is CCCS(=O)(=O)c1c(S(=O)(=O)CCC)c2c(C)cccn2c1C(=O)N/N=C/c1cc(OC)ccc1O. The number of amides is 1. The normalized spacial score (nSPS) is 12.3. The summed E-state index contributed by atoms with van der Waals surface area (Å²) >= 11 is 0. The predicted octanol–water partition coefficient (Wildman–Crippen LogP) is 3.09. The van der Waals surface area contributed by atoms with Crippen LogP contribution in [-0.4, -0.2) is 57.1 Å². The van der Waals surface area contributed by atoms with Crippen LogP contribution < -0.4 is 10.2 Å². The maximum Gasteiger partial charge on any atom is 0.289 e. The van der Waals surface area contributed by atoms with Crippen LogP contribution in [0.2, 0.25) is 0 Å². The molecule has 0 spiro atoms. The molecule has 12 heteroatoms. The molecule has 36 heavy (non-hydrogen) atoms. The van der Waals surface area contributed by atoms with Crippen LogP contribution >= 0.6 is 0 Å². The summed E-state index contributed by atoms with van der Waals surface area (Å²) in [5.41, 5.74) is 2.82. The van der Waals surface area contributed by atoms with E-state index in [1.165, 1.54) is 36.1 Å². The highest BCUT2D eigenvalue weighted by Crippen LogP contribution is 2.36. The Morgan fingerprint density at radius 3 is 2.33 bits per heavy atom. The molecule has 0 aliphatic heterocycles. The average molecular weight is 536 g/mol. The molecule has 0 aliphatic carbocycles. The Labute approximate surface area is 210 Å². The first kappa shape index (κ1) is 27.2. The van der Waals surface area contributed by atoms with Gasteiger partial charge in [-0.15, -0.1) is 0 Å². The molecule has 0 unspecified atom stereocenters. The third kappa shape index (κ3) is 5.24. The van der Waals surface area contributed by atoms with E-state index in [9.17, 15) is 26.7 Å². The first-order chi connectivity index (χ1) is 17.0. The third-order valence-corrected chi connectivity index (χ3v) is 9.52. The highest BCUT2D eigenvalue weighted by Gasteiger charge is 2.37. The minimum Gasteiger partial charge on any atom is -0.507 e. The van der Waals surface area contributed by atoms with Crippen LogP contribution in [-0.2, 0) is 19.7 Å². The number of benzene rings is 1. The van der Waals surface area contributed by atoms with Crippen molar-refractivity contribution in [3.63, 3.8) is 0 Å². The van der Waals surface area contributed by atoms with Gasteiger partial charge in [0.15, 0.2) is 19.7 Å². The maximum absolute atomic E-state index is 13.4. The number of fused-ring (bicyclic) bond motifs is 1. The van der Waals surface area contributed by atoms with Gasteiger partial charge < -0.3 is 14.2 Å². The first-order valence-corrected chi connectivity index (χ1v) is 14.6. The van der Waals surface area contributed by atoms with Crippen molar-refractivity contribution in [2.75, 3.05) is 18.6 Å². The third-order valence-electron chi connectivity index (χ3n) is 5.46. The van der Waals surface area contributed by atoms with E-state index >= 15 is 0 Å². The number of nitrogens with one attached hydrogen (secondary N) is 1. The number of hydrazone groups is 1. The molecule has 2 heterocycles. The molecule has 3 rings (SSSR count). The molecule has 1 amide bonds. The molecule has 10 nitrogen and oxygen atoms in total. The number of carbonyl (C=O) groups is 1. The van der Waals surface area contributed by atoms with Gasteiger partial charge in [-0.1, -0.05) is 19.9 Å². The van der Waals surface area contributed by atoms with Crippen molar-refractivity contribution in [3.8, 4) is 11.5 Å². The predicted molar refractivity (Wildman–Crippen MR) is 137 cm³/mol. The van der Waals surface area contributed by atoms with Gasteiger partial charge in [-0.3, -0.25) is 4.79 Å². The smallest absolute Gasteiger partial charge is 0.289 e. The Morgan fingerprint density at radius 1 is 1.08 bits per heavy atom. The van der Waals surface area contributed by atoms with Crippen molar-refractivity contribution in [1.29, 1.82) is 0 Å². The molecule has 3 aromatic rings. The number of methoxy groups -OCH3 is 1. The van der Waals surface area contributed by atoms with Crippen LogP contribution in [0.5, 0.6) is 11.5 Å². The zero-order chi connectivity index (χ0) is 26.7. The Bertz CT molecular complexity index is 1540. The quantitative estimate of drug-likeness (QED) is 0.300. The van der Waals surface area contributed by atoms with E-state index in [2.05, 4.69) is 10.5 Å². The van der Waals surface area contributed by atoms with E-state index in [1.54, 1.807) is 39.0 Å². The van der Waals surface area contributed by atoms with Crippen molar-refractivity contribution < 1.29 is 31.5 Å². The second-order valence-corrected chi connectivity index (χ2v) is 12.3. The van der Waals surface area contributed by atoms with Crippen molar-refractivity contribution >= 4 is 37.3 Å². The molecular formula is C24H29N3O7S2. The van der Waals surface area contributed by atoms with Crippen molar-refractivity contribution in [2.24, 2.45) is 5.10 Å². The number of hydrogen-bond donors (Lipinski definition) is 2. The minimum atomic E-state index is -4.16. The number of ether oxygens (including phenoxy) is 1. The topological polar surface area (TPSA) is 144 Å². The molecule has 2 N–H and O–H groups in total. The number of phenols is 1. The van der Waals surface area contributed by atoms with Gasteiger partial charge >= 0.3 is 0 Å². The Kier molecular flexibility index (Phi) is 8.09. The van der Waals surface area contributed by atoms with Crippen LogP contribution in [0.25, 0.3) is 5.52 Å². The van der Waals surface area contributed by atoms with Gasteiger partial charge in [-0.2, -0.15) is 5.10 Å². The summed E-state index contributed by atoms with van der Waals surface area (Å²) < 4.78 is 59.8. The summed E-state index contributed by atoms with van der Waals surface area (Å²) in [5.74, 6) is -1.19. The van der Waals surface area contributed by atoms with E-state index in [0.29, 0.717) is 11.3 Å². The average Bonchev–Trinajstić information content (AvgIpc) is 3.19. The molecule has 0 saturated carbocycles. The second-order valence-electron chi connectivity index (χ2n) is 8.18. The monoisotopic (exact) mass is 535 g/mol. The lowest BCUT2D eigenvalue weighted by molar-refractivity contribution is 0.0945. The number of carbonyl (C=O) groups excluding carboxylic acids is 1. The number of aromatic hydroxyl groups is 1. The van der Waals surface area contributed by atoms with Gasteiger partial charge in [-0.25, -0.2) is 22.3 Å². The number of hydrogen-bond acceptors (Lipinski definition) is 8. The summed E-state index contributed by atoms with van der Waals surface area (Å²) in [6, 6.07) is 7.69. The van der Waals surface area contributed by atoms with Gasteiger partial charge in [0, 0.05) is 11.8 Å². The summed E-state index contributed by atoms with van der Waals surface area (Å²) in [5, 5.41) is 13.9. The number of pyridine rings is 1. The fourth-order valence-corrected chi connectivity index (χ4v) is 7.97. The second kappa shape index (κ2) is 10.7. The molecule has 0 atom stereocenters. The zero-order valence-corrected chi connectivity index (χ0v) is 22.1. The Balaban J connectivity index is 2.24. The van der Waals surface area contributed by atoms with Crippen LogP contribution in [0.1, 0.15) is 48.3 Å². The van der Waals surface area contributed by atoms with Crippen molar-refractivity contribution in [1.82, 2.24) is 9.83 Å². The van der Waals surface area contributed by atoms with Gasteiger partial charge in [0.25, 0.3) is 5.91 Å². The molecule has 2 aromatic heterocycles. The number of aromatic nitrogens is 1. The van der Waals surface area contributed by atoms with E-state index < -0.39 is 30.5 Å². The first-order valence-electron chi connectivity index (χ1n) is 11.3. The van der Waals surface area contributed by atoms with Gasteiger partial charge in [-0.05, 0) is 49.6 Å². The molecule has 0 saturated heterocycles. The van der Waals surface area contributed by atoms with E-state index in [-0.39, 0.29) is 51.8 Å². The Hall–Kier alpha value is -3.38. The number of nitrogens with zero attached hydrogens (tertiary/aromatic N) is 2. The summed E-state index contributed by atoms with van der Waals surface area (Å²) in [4.78, 5) is 12.5. The molecule has 0 radical (unpaired) electrons. The lowest BCUT2D eigenvalue weighted by atomic mass is 10.2. The molecular weight excluding hydrogens is 506 g/mol. The van der Waals surface area contributed by atoms with E-state index in [4.69, 9.17) is 4.74 Å². The van der Waals surface area contributed by atoms with Gasteiger partial charge in [0.2, 0.25) is 0 Å².